The van der Waals surface area contributed by atoms with Gasteiger partial charge in [0.05, 0.1) is 12.5 Å². The molecule has 2 atom stereocenters. The van der Waals surface area contributed by atoms with E-state index in [4.69, 9.17) is 4.74 Å². The number of aliphatic hydroxyl groups excluding tert-OH is 1. The van der Waals surface area contributed by atoms with E-state index in [-0.39, 0.29) is 18.5 Å². The predicted molar refractivity (Wildman–Crippen MR) is 102 cm³/mol. The molecule has 1 aromatic heterocycles. The molecule has 2 heterocycles. The van der Waals surface area contributed by atoms with E-state index in [0.717, 1.165) is 6.54 Å². The molecule has 0 aliphatic carbocycles. The van der Waals surface area contributed by atoms with Crippen LogP contribution in [0, 0.1) is 6.92 Å². The summed E-state index contributed by atoms with van der Waals surface area (Å²) in [5.41, 5.74) is 3.55. The predicted octanol–water partition coefficient (Wildman–Crippen LogP) is 4.07. The SMILES string of the molecule is Cc1ccc(-c2cccc3ccccc23)n1CC[C@@H]1C[C@@H](O)CC(=O)O1. The fraction of sp³-hybridized carbons (Fsp3) is 0.318. The summed E-state index contributed by atoms with van der Waals surface area (Å²) < 4.78 is 7.67. The summed E-state index contributed by atoms with van der Waals surface area (Å²) in [6, 6.07) is 19.0. The zero-order valence-electron chi connectivity index (χ0n) is 14.9. The molecule has 4 nitrogen and oxygen atoms in total. The Morgan fingerprint density at radius 1 is 1.12 bits per heavy atom. The molecule has 26 heavy (non-hydrogen) atoms. The molecule has 0 bridgehead atoms. The van der Waals surface area contributed by atoms with Crippen LogP contribution in [-0.4, -0.2) is 27.9 Å². The van der Waals surface area contributed by atoms with Gasteiger partial charge in [-0.25, -0.2) is 0 Å². The Morgan fingerprint density at radius 3 is 2.77 bits per heavy atom. The van der Waals surface area contributed by atoms with Crippen molar-refractivity contribution in [3.05, 3.63) is 60.3 Å². The maximum absolute atomic E-state index is 11.6. The van der Waals surface area contributed by atoms with Crippen molar-refractivity contribution in [2.24, 2.45) is 0 Å². The number of hydrogen-bond acceptors (Lipinski definition) is 3. The molecule has 1 aliphatic rings. The molecule has 0 amide bonds. The fourth-order valence-electron chi connectivity index (χ4n) is 3.86. The molecule has 0 saturated carbocycles. The van der Waals surface area contributed by atoms with Crippen LogP contribution in [0.4, 0.5) is 0 Å². The second-order valence-electron chi connectivity index (χ2n) is 7.03. The molecule has 2 aromatic carbocycles. The number of fused-ring (bicyclic) bond motifs is 1. The molecule has 1 N–H and O–H groups in total. The highest BCUT2D eigenvalue weighted by Crippen LogP contribution is 2.31. The number of esters is 1. The highest BCUT2D eigenvalue weighted by Gasteiger charge is 2.27. The Labute approximate surface area is 153 Å². The molecule has 1 saturated heterocycles. The molecule has 0 radical (unpaired) electrons. The van der Waals surface area contributed by atoms with Gasteiger partial charge in [-0.05, 0) is 29.8 Å². The Hall–Kier alpha value is -2.59. The van der Waals surface area contributed by atoms with Crippen molar-refractivity contribution in [2.45, 2.75) is 44.9 Å². The van der Waals surface area contributed by atoms with E-state index in [1.54, 1.807) is 0 Å². The molecule has 3 aromatic rings. The largest absolute Gasteiger partial charge is 0.462 e. The molecule has 4 heteroatoms. The fourth-order valence-corrected chi connectivity index (χ4v) is 3.86. The number of cyclic esters (lactones) is 1. The second kappa shape index (κ2) is 6.96. The van der Waals surface area contributed by atoms with Gasteiger partial charge in [-0.3, -0.25) is 4.79 Å². The van der Waals surface area contributed by atoms with Gasteiger partial charge in [0.25, 0.3) is 0 Å². The maximum Gasteiger partial charge on any atom is 0.308 e. The molecular weight excluding hydrogens is 326 g/mol. The third kappa shape index (κ3) is 3.25. The molecule has 0 spiro atoms. The average Bonchev–Trinajstić information content (AvgIpc) is 2.99. The number of aryl methyl sites for hydroxylation is 1. The lowest BCUT2D eigenvalue weighted by molar-refractivity contribution is -0.160. The Kier molecular flexibility index (Phi) is 4.51. The molecule has 134 valence electrons. The summed E-state index contributed by atoms with van der Waals surface area (Å²) in [6.07, 6.45) is 0.546. The second-order valence-corrected chi connectivity index (χ2v) is 7.03. The van der Waals surface area contributed by atoms with Gasteiger partial charge in [0.2, 0.25) is 0 Å². The number of carbonyl (C=O) groups excluding carboxylic acids is 1. The van der Waals surface area contributed by atoms with Crippen LogP contribution in [0.2, 0.25) is 0 Å². The maximum atomic E-state index is 11.6. The number of aliphatic hydroxyl groups is 1. The summed E-state index contributed by atoms with van der Waals surface area (Å²) in [5.74, 6) is -0.299. The van der Waals surface area contributed by atoms with E-state index in [9.17, 15) is 9.90 Å². The van der Waals surface area contributed by atoms with E-state index in [2.05, 4.69) is 66.1 Å². The summed E-state index contributed by atoms with van der Waals surface area (Å²) in [5, 5.41) is 12.3. The third-order valence-electron chi connectivity index (χ3n) is 5.17. The van der Waals surface area contributed by atoms with Gasteiger partial charge in [0.1, 0.15) is 6.10 Å². The van der Waals surface area contributed by atoms with Crippen molar-refractivity contribution in [3.63, 3.8) is 0 Å². The van der Waals surface area contributed by atoms with Crippen LogP contribution < -0.4 is 0 Å². The number of ether oxygens (including phenoxy) is 1. The number of carbonyl (C=O) groups is 1. The smallest absolute Gasteiger partial charge is 0.308 e. The minimum atomic E-state index is -0.579. The minimum absolute atomic E-state index is 0.111. The molecule has 1 fully saturated rings. The van der Waals surface area contributed by atoms with Crippen molar-refractivity contribution in [1.29, 1.82) is 0 Å². The number of nitrogens with zero attached hydrogens (tertiary/aromatic N) is 1. The summed E-state index contributed by atoms with van der Waals surface area (Å²) in [6.45, 7) is 2.85. The van der Waals surface area contributed by atoms with E-state index in [1.807, 2.05) is 0 Å². The highest BCUT2D eigenvalue weighted by molar-refractivity contribution is 5.96. The number of hydrogen-bond donors (Lipinski definition) is 1. The van der Waals surface area contributed by atoms with Crippen LogP contribution in [0.25, 0.3) is 22.0 Å². The van der Waals surface area contributed by atoms with Gasteiger partial charge in [-0.1, -0.05) is 42.5 Å². The quantitative estimate of drug-likeness (QED) is 0.722. The first-order chi connectivity index (χ1) is 12.6. The van der Waals surface area contributed by atoms with E-state index in [1.165, 1.54) is 27.7 Å². The van der Waals surface area contributed by atoms with Crippen molar-refractivity contribution in [3.8, 4) is 11.3 Å². The van der Waals surface area contributed by atoms with Crippen LogP contribution in [0.15, 0.2) is 54.6 Å². The number of rotatable bonds is 4. The lowest BCUT2D eigenvalue weighted by Gasteiger charge is -2.26. The summed E-state index contributed by atoms with van der Waals surface area (Å²) in [4.78, 5) is 11.6. The summed E-state index contributed by atoms with van der Waals surface area (Å²) in [7, 11) is 0. The Morgan fingerprint density at radius 2 is 1.92 bits per heavy atom. The average molecular weight is 349 g/mol. The van der Waals surface area contributed by atoms with Crippen molar-refractivity contribution in [1.82, 2.24) is 4.57 Å². The normalized spacial score (nSPS) is 20.3. The first-order valence-corrected chi connectivity index (χ1v) is 9.13. The van der Waals surface area contributed by atoms with Crippen molar-refractivity contribution in [2.75, 3.05) is 0 Å². The highest BCUT2D eigenvalue weighted by atomic mass is 16.5. The molecule has 4 rings (SSSR count). The van der Waals surface area contributed by atoms with Gasteiger partial charge in [-0.15, -0.1) is 0 Å². The zero-order valence-corrected chi connectivity index (χ0v) is 14.9. The monoisotopic (exact) mass is 349 g/mol. The number of aromatic nitrogens is 1. The van der Waals surface area contributed by atoms with E-state index < -0.39 is 6.10 Å². The van der Waals surface area contributed by atoms with Gasteiger partial charge >= 0.3 is 5.97 Å². The van der Waals surface area contributed by atoms with E-state index in [0.29, 0.717) is 12.8 Å². The van der Waals surface area contributed by atoms with Crippen LogP contribution in [0.3, 0.4) is 0 Å². The zero-order chi connectivity index (χ0) is 18.1. The lowest BCUT2D eigenvalue weighted by Crippen LogP contribution is -2.33. The standard InChI is InChI=1S/C22H23NO3/c1-15-9-10-21(20-8-4-6-16-5-2-3-7-19(16)20)23(15)12-11-18-13-17(24)14-22(25)26-18/h2-10,17-18,24H,11-14H2,1H3/t17-,18-/m1/s1. The van der Waals surface area contributed by atoms with Crippen LogP contribution >= 0.6 is 0 Å². The molecule has 0 unspecified atom stereocenters. The van der Waals surface area contributed by atoms with Gasteiger partial charge in [0.15, 0.2) is 0 Å². The van der Waals surface area contributed by atoms with Crippen LogP contribution in [0.1, 0.15) is 25.0 Å². The summed E-state index contributed by atoms with van der Waals surface area (Å²) >= 11 is 0. The molecular formula is C22H23NO3. The van der Waals surface area contributed by atoms with E-state index >= 15 is 0 Å². The Bertz CT molecular complexity index is 938. The first-order valence-electron chi connectivity index (χ1n) is 9.13. The lowest BCUT2D eigenvalue weighted by atomic mass is 10.0. The Balaban J connectivity index is 1.62. The first kappa shape index (κ1) is 16.9. The van der Waals surface area contributed by atoms with Crippen LogP contribution in [-0.2, 0) is 16.1 Å². The topological polar surface area (TPSA) is 51.5 Å². The van der Waals surface area contributed by atoms with Crippen molar-refractivity contribution < 1.29 is 14.6 Å². The van der Waals surface area contributed by atoms with Gasteiger partial charge < -0.3 is 14.4 Å². The minimum Gasteiger partial charge on any atom is -0.462 e. The van der Waals surface area contributed by atoms with Gasteiger partial charge in [0, 0.05) is 36.3 Å². The van der Waals surface area contributed by atoms with Gasteiger partial charge in [-0.2, -0.15) is 0 Å². The van der Waals surface area contributed by atoms with Crippen molar-refractivity contribution >= 4 is 16.7 Å². The molecule has 1 aliphatic heterocycles. The number of benzene rings is 2. The van der Waals surface area contributed by atoms with Crippen LogP contribution in [0.5, 0.6) is 0 Å². The third-order valence-corrected chi connectivity index (χ3v) is 5.17.